The number of esters is 1. The number of furan rings is 1. The van der Waals surface area contributed by atoms with E-state index in [1.54, 1.807) is 6.07 Å². The molecular weight excluding hydrogens is 290 g/mol. The minimum absolute atomic E-state index is 0.0876. The van der Waals surface area contributed by atoms with Crippen molar-refractivity contribution in [2.75, 3.05) is 13.7 Å². The summed E-state index contributed by atoms with van der Waals surface area (Å²) in [5, 5.41) is 11.1. The number of rotatable bonds is 5. The molecule has 2 aromatic rings. The maximum absolute atomic E-state index is 11.6. The standard InChI is InChI=1S/C15H11NO6/c1-3-8-21-15(17)14-7-6-13(22-14)11-5-4-10(20-2)9-12(11)16(18)19/h1,4-7,9H,8H2,2H3. The first-order valence-electron chi connectivity index (χ1n) is 6.10. The van der Waals surface area contributed by atoms with Crippen molar-refractivity contribution in [2.24, 2.45) is 0 Å². The second kappa shape index (κ2) is 6.45. The van der Waals surface area contributed by atoms with Crippen molar-refractivity contribution in [3.63, 3.8) is 0 Å². The molecule has 0 bridgehead atoms. The fourth-order valence-electron chi connectivity index (χ4n) is 1.77. The van der Waals surface area contributed by atoms with E-state index in [1.807, 2.05) is 0 Å². The Bertz CT molecular complexity index is 756. The van der Waals surface area contributed by atoms with E-state index in [-0.39, 0.29) is 29.4 Å². The van der Waals surface area contributed by atoms with Crippen LogP contribution in [-0.2, 0) is 4.74 Å². The molecule has 0 amide bonds. The van der Waals surface area contributed by atoms with Gasteiger partial charge in [-0.25, -0.2) is 4.79 Å². The van der Waals surface area contributed by atoms with Crippen molar-refractivity contribution in [1.82, 2.24) is 0 Å². The quantitative estimate of drug-likeness (QED) is 0.365. The number of hydrogen-bond donors (Lipinski definition) is 0. The van der Waals surface area contributed by atoms with Crippen LogP contribution in [0.1, 0.15) is 10.6 Å². The van der Waals surface area contributed by atoms with Crippen LogP contribution >= 0.6 is 0 Å². The van der Waals surface area contributed by atoms with Crippen LogP contribution in [0.25, 0.3) is 11.3 Å². The smallest absolute Gasteiger partial charge is 0.375 e. The lowest BCUT2D eigenvalue weighted by Crippen LogP contribution is -2.03. The summed E-state index contributed by atoms with van der Waals surface area (Å²) in [5.74, 6) is 1.84. The molecule has 1 aromatic carbocycles. The molecule has 112 valence electrons. The van der Waals surface area contributed by atoms with Crippen molar-refractivity contribution in [3.8, 4) is 29.4 Å². The van der Waals surface area contributed by atoms with Crippen LogP contribution in [0.4, 0.5) is 5.69 Å². The number of benzene rings is 1. The number of methoxy groups -OCH3 is 1. The van der Waals surface area contributed by atoms with Gasteiger partial charge >= 0.3 is 5.97 Å². The first-order valence-corrected chi connectivity index (χ1v) is 6.10. The number of carbonyl (C=O) groups is 1. The van der Waals surface area contributed by atoms with Gasteiger partial charge in [0.15, 0.2) is 6.61 Å². The normalized spacial score (nSPS) is 9.82. The lowest BCUT2D eigenvalue weighted by molar-refractivity contribution is -0.384. The summed E-state index contributed by atoms with van der Waals surface area (Å²) in [6.45, 7) is -0.183. The van der Waals surface area contributed by atoms with Gasteiger partial charge in [0, 0.05) is 0 Å². The Morgan fingerprint density at radius 1 is 1.41 bits per heavy atom. The summed E-state index contributed by atoms with van der Waals surface area (Å²) in [4.78, 5) is 22.2. The first kappa shape index (κ1) is 15.1. The number of nitro groups is 1. The van der Waals surface area contributed by atoms with E-state index in [4.69, 9.17) is 20.3 Å². The number of carbonyl (C=O) groups excluding carboxylic acids is 1. The summed E-state index contributed by atoms with van der Waals surface area (Å²) >= 11 is 0. The van der Waals surface area contributed by atoms with Gasteiger partial charge < -0.3 is 13.9 Å². The Balaban J connectivity index is 2.37. The van der Waals surface area contributed by atoms with Gasteiger partial charge in [0.2, 0.25) is 5.76 Å². The maximum Gasteiger partial charge on any atom is 0.375 e. The molecule has 0 spiro atoms. The van der Waals surface area contributed by atoms with Crippen molar-refractivity contribution < 1.29 is 23.6 Å². The zero-order valence-corrected chi connectivity index (χ0v) is 11.6. The third kappa shape index (κ3) is 3.07. The molecule has 0 aliphatic rings. The highest BCUT2D eigenvalue weighted by Crippen LogP contribution is 2.34. The van der Waals surface area contributed by atoms with Crippen molar-refractivity contribution in [1.29, 1.82) is 0 Å². The zero-order chi connectivity index (χ0) is 16.1. The topological polar surface area (TPSA) is 91.8 Å². The van der Waals surface area contributed by atoms with Crippen LogP contribution in [-0.4, -0.2) is 24.6 Å². The molecule has 0 radical (unpaired) electrons. The number of nitrogens with zero attached hydrogens (tertiary/aromatic N) is 1. The highest BCUT2D eigenvalue weighted by atomic mass is 16.6. The van der Waals surface area contributed by atoms with Crippen LogP contribution in [0.15, 0.2) is 34.7 Å². The van der Waals surface area contributed by atoms with Crippen LogP contribution in [0.5, 0.6) is 5.75 Å². The van der Waals surface area contributed by atoms with Gasteiger partial charge in [0.05, 0.1) is 23.7 Å². The largest absolute Gasteiger partial charge is 0.497 e. The van der Waals surface area contributed by atoms with Gasteiger partial charge in [-0.05, 0) is 24.3 Å². The first-order chi connectivity index (χ1) is 10.6. The molecule has 1 aromatic heterocycles. The summed E-state index contributed by atoms with van der Waals surface area (Å²) < 4.78 is 15.0. The van der Waals surface area contributed by atoms with Gasteiger partial charge in [0.1, 0.15) is 11.5 Å². The molecule has 0 aliphatic carbocycles. The molecule has 0 N–H and O–H groups in total. The molecule has 0 aliphatic heterocycles. The summed E-state index contributed by atoms with van der Waals surface area (Å²) in [6, 6.07) is 7.12. The van der Waals surface area contributed by atoms with Crippen LogP contribution in [0.2, 0.25) is 0 Å². The van der Waals surface area contributed by atoms with Gasteiger partial charge in [-0.2, -0.15) is 0 Å². The van der Waals surface area contributed by atoms with E-state index in [9.17, 15) is 14.9 Å². The van der Waals surface area contributed by atoms with Crippen molar-refractivity contribution >= 4 is 11.7 Å². The molecule has 0 saturated heterocycles. The average molecular weight is 301 g/mol. The highest BCUT2D eigenvalue weighted by Gasteiger charge is 2.21. The predicted molar refractivity (Wildman–Crippen MR) is 76.5 cm³/mol. The molecule has 1 heterocycles. The summed E-state index contributed by atoms with van der Waals surface area (Å²) in [5.41, 5.74) is 0.0269. The summed E-state index contributed by atoms with van der Waals surface area (Å²) in [7, 11) is 1.41. The van der Waals surface area contributed by atoms with E-state index in [1.165, 1.54) is 31.4 Å². The lowest BCUT2D eigenvalue weighted by atomic mass is 10.1. The van der Waals surface area contributed by atoms with E-state index in [0.29, 0.717) is 5.75 Å². The second-order valence-corrected chi connectivity index (χ2v) is 4.08. The maximum atomic E-state index is 11.6. The molecule has 0 fully saturated rings. The van der Waals surface area contributed by atoms with Crippen LogP contribution in [0, 0.1) is 22.5 Å². The molecule has 2 rings (SSSR count). The van der Waals surface area contributed by atoms with E-state index < -0.39 is 10.9 Å². The Hall–Kier alpha value is -3.27. The number of nitro benzene ring substituents is 1. The molecule has 7 nitrogen and oxygen atoms in total. The molecule has 0 atom stereocenters. The highest BCUT2D eigenvalue weighted by molar-refractivity contribution is 5.87. The number of terminal acetylenes is 1. The lowest BCUT2D eigenvalue weighted by Gasteiger charge is -2.03. The van der Waals surface area contributed by atoms with E-state index in [2.05, 4.69) is 5.92 Å². The third-order valence-electron chi connectivity index (χ3n) is 2.76. The third-order valence-corrected chi connectivity index (χ3v) is 2.76. The van der Waals surface area contributed by atoms with Crippen molar-refractivity contribution in [2.45, 2.75) is 0 Å². The molecule has 7 heteroatoms. The number of ether oxygens (including phenoxy) is 2. The van der Waals surface area contributed by atoms with Gasteiger partial charge in [-0.15, -0.1) is 6.42 Å². The fourth-order valence-corrected chi connectivity index (χ4v) is 1.77. The monoisotopic (exact) mass is 301 g/mol. The van der Waals surface area contributed by atoms with Crippen LogP contribution in [0.3, 0.4) is 0 Å². The minimum Gasteiger partial charge on any atom is -0.497 e. The summed E-state index contributed by atoms with van der Waals surface area (Å²) in [6.07, 6.45) is 4.99. The SMILES string of the molecule is C#CCOC(=O)c1ccc(-c2ccc(OC)cc2[N+](=O)[O-])o1. The van der Waals surface area contributed by atoms with E-state index >= 15 is 0 Å². The minimum atomic E-state index is -0.736. The predicted octanol–water partition coefficient (Wildman–Crippen LogP) is 2.65. The zero-order valence-electron chi connectivity index (χ0n) is 11.6. The average Bonchev–Trinajstić information content (AvgIpc) is 3.01. The Morgan fingerprint density at radius 3 is 2.82 bits per heavy atom. The van der Waals surface area contributed by atoms with Gasteiger partial charge in [-0.1, -0.05) is 5.92 Å². The molecule has 0 unspecified atom stereocenters. The Morgan fingerprint density at radius 2 is 2.18 bits per heavy atom. The van der Waals surface area contributed by atoms with E-state index in [0.717, 1.165) is 0 Å². The Kier molecular flexibility index (Phi) is 4.44. The Labute approximate surface area is 125 Å². The van der Waals surface area contributed by atoms with Gasteiger partial charge in [0.25, 0.3) is 5.69 Å². The second-order valence-electron chi connectivity index (χ2n) is 4.08. The fraction of sp³-hybridized carbons (Fsp3) is 0.133. The molecule has 0 saturated carbocycles. The number of hydrogen-bond acceptors (Lipinski definition) is 6. The molecule has 22 heavy (non-hydrogen) atoms. The van der Waals surface area contributed by atoms with Crippen molar-refractivity contribution in [3.05, 3.63) is 46.2 Å². The molecular formula is C15H11NO6. The van der Waals surface area contributed by atoms with Crippen LogP contribution < -0.4 is 4.74 Å². The van der Waals surface area contributed by atoms with Gasteiger partial charge in [-0.3, -0.25) is 10.1 Å².